The highest BCUT2D eigenvalue weighted by molar-refractivity contribution is 5.76. The zero-order chi connectivity index (χ0) is 31.7. The molecule has 1 aliphatic heterocycles. The molecule has 9 heteroatoms. The number of amides is 1. The molecule has 1 heterocycles. The van der Waals surface area contributed by atoms with Crippen LogP contribution in [0.3, 0.4) is 0 Å². The third kappa shape index (κ3) is 18.3. The van der Waals surface area contributed by atoms with Crippen LogP contribution in [0, 0.1) is 0 Å². The molecule has 6 N–H and O–H groups in total. The van der Waals surface area contributed by atoms with Crippen molar-refractivity contribution in [3.63, 3.8) is 0 Å². The van der Waals surface area contributed by atoms with E-state index in [1.165, 1.54) is 70.6 Å². The summed E-state index contributed by atoms with van der Waals surface area (Å²) < 4.78 is 11.1. The first-order chi connectivity index (χ1) is 20.8. The molecule has 0 aromatic heterocycles. The van der Waals surface area contributed by atoms with E-state index in [-0.39, 0.29) is 12.5 Å². The Hall–Kier alpha value is -1.33. The molecule has 2 unspecified atom stereocenters. The highest BCUT2D eigenvalue weighted by atomic mass is 16.7. The van der Waals surface area contributed by atoms with E-state index in [2.05, 4.69) is 31.3 Å². The second-order valence-electron chi connectivity index (χ2n) is 12.0. The minimum Gasteiger partial charge on any atom is -0.394 e. The SMILES string of the molecule is CCCCCCCCC/C=C/CC/C=C/[C@@H](O)[C@H](CO[C@@H]1O[C@H](CO)[C@@H](O)C(O)C1O)NC(=O)CCCCCCCCC. The van der Waals surface area contributed by atoms with Gasteiger partial charge in [0.25, 0.3) is 0 Å². The van der Waals surface area contributed by atoms with Gasteiger partial charge in [-0.05, 0) is 32.1 Å². The molecule has 0 saturated carbocycles. The molecular weight excluding hydrogens is 550 g/mol. The van der Waals surface area contributed by atoms with Crippen LogP contribution in [0.5, 0.6) is 0 Å². The van der Waals surface area contributed by atoms with E-state index in [0.717, 1.165) is 38.5 Å². The fraction of sp³-hybridized carbons (Fsp3) is 0.853. The quantitative estimate of drug-likeness (QED) is 0.0601. The topological polar surface area (TPSA) is 149 Å². The Kier molecular flexibility index (Phi) is 23.9. The first-order valence-corrected chi connectivity index (χ1v) is 17.1. The van der Waals surface area contributed by atoms with Gasteiger partial charge in [0, 0.05) is 6.42 Å². The summed E-state index contributed by atoms with van der Waals surface area (Å²) in [6.45, 7) is 3.65. The number of aliphatic hydroxyl groups is 5. The number of unbranched alkanes of at least 4 members (excludes halogenated alkanes) is 14. The van der Waals surface area contributed by atoms with Crippen molar-refractivity contribution in [1.82, 2.24) is 5.32 Å². The fourth-order valence-corrected chi connectivity index (χ4v) is 5.17. The number of carbonyl (C=O) groups is 1. The van der Waals surface area contributed by atoms with Crippen LogP contribution in [0.25, 0.3) is 0 Å². The lowest BCUT2D eigenvalue weighted by Crippen LogP contribution is -2.60. The number of hydrogen-bond donors (Lipinski definition) is 6. The lowest BCUT2D eigenvalue weighted by molar-refractivity contribution is -0.302. The van der Waals surface area contributed by atoms with Crippen molar-refractivity contribution >= 4 is 5.91 Å². The van der Waals surface area contributed by atoms with Crippen LogP contribution in [-0.4, -0.2) is 87.5 Å². The van der Waals surface area contributed by atoms with E-state index in [1.54, 1.807) is 6.08 Å². The van der Waals surface area contributed by atoms with Crippen molar-refractivity contribution in [2.45, 2.75) is 172 Å². The number of nitrogens with one attached hydrogen (secondary N) is 1. The molecule has 0 aliphatic carbocycles. The van der Waals surface area contributed by atoms with E-state index in [9.17, 15) is 30.3 Å². The highest BCUT2D eigenvalue weighted by Gasteiger charge is 2.44. The number of allylic oxidation sites excluding steroid dienone is 3. The van der Waals surface area contributed by atoms with Gasteiger partial charge in [0.15, 0.2) is 6.29 Å². The third-order valence-corrected chi connectivity index (χ3v) is 8.03. The first kappa shape index (κ1) is 39.7. The third-order valence-electron chi connectivity index (χ3n) is 8.03. The predicted octanol–water partition coefficient (Wildman–Crippen LogP) is 4.82. The van der Waals surface area contributed by atoms with Gasteiger partial charge in [-0.1, -0.05) is 115 Å². The summed E-state index contributed by atoms with van der Waals surface area (Å²) in [7, 11) is 0. The summed E-state index contributed by atoms with van der Waals surface area (Å²) in [4.78, 5) is 12.7. The van der Waals surface area contributed by atoms with Crippen LogP contribution in [0.4, 0.5) is 0 Å². The molecule has 0 aromatic rings. The molecule has 43 heavy (non-hydrogen) atoms. The number of carbonyl (C=O) groups excluding carboxylic acids is 1. The molecule has 7 atom stereocenters. The van der Waals surface area contributed by atoms with Gasteiger partial charge < -0.3 is 40.3 Å². The zero-order valence-electron chi connectivity index (χ0n) is 27.0. The maximum Gasteiger partial charge on any atom is 0.220 e. The van der Waals surface area contributed by atoms with Crippen LogP contribution >= 0.6 is 0 Å². The average Bonchev–Trinajstić information content (AvgIpc) is 3.00. The second-order valence-corrected chi connectivity index (χ2v) is 12.0. The van der Waals surface area contributed by atoms with Crippen molar-refractivity contribution in [3.8, 4) is 0 Å². The highest BCUT2D eigenvalue weighted by Crippen LogP contribution is 2.22. The van der Waals surface area contributed by atoms with E-state index < -0.39 is 49.5 Å². The molecule has 1 amide bonds. The van der Waals surface area contributed by atoms with E-state index in [1.807, 2.05) is 6.08 Å². The molecule has 0 bridgehead atoms. The summed E-state index contributed by atoms with van der Waals surface area (Å²) in [5.41, 5.74) is 0. The molecular formula is C34H63NO8. The van der Waals surface area contributed by atoms with Gasteiger partial charge in [0.1, 0.15) is 24.4 Å². The van der Waals surface area contributed by atoms with Crippen LogP contribution in [0.15, 0.2) is 24.3 Å². The molecule has 252 valence electrons. The van der Waals surface area contributed by atoms with Crippen molar-refractivity contribution < 1.29 is 39.8 Å². The summed E-state index contributed by atoms with van der Waals surface area (Å²) in [5.74, 6) is -0.197. The lowest BCUT2D eigenvalue weighted by Gasteiger charge is -2.40. The van der Waals surface area contributed by atoms with E-state index in [0.29, 0.717) is 6.42 Å². The largest absolute Gasteiger partial charge is 0.394 e. The molecule has 1 saturated heterocycles. The van der Waals surface area contributed by atoms with Crippen molar-refractivity contribution in [1.29, 1.82) is 0 Å². The zero-order valence-corrected chi connectivity index (χ0v) is 27.0. The van der Waals surface area contributed by atoms with Gasteiger partial charge in [0.2, 0.25) is 5.91 Å². The minimum absolute atomic E-state index is 0.197. The van der Waals surface area contributed by atoms with Gasteiger partial charge in [-0.25, -0.2) is 0 Å². The van der Waals surface area contributed by atoms with E-state index in [4.69, 9.17) is 9.47 Å². The molecule has 0 radical (unpaired) electrons. The Morgan fingerprint density at radius 2 is 1.33 bits per heavy atom. The summed E-state index contributed by atoms with van der Waals surface area (Å²) in [6, 6.07) is -0.812. The Morgan fingerprint density at radius 3 is 1.95 bits per heavy atom. The fourth-order valence-electron chi connectivity index (χ4n) is 5.17. The van der Waals surface area contributed by atoms with Crippen LogP contribution in [0.2, 0.25) is 0 Å². The van der Waals surface area contributed by atoms with Crippen LogP contribution in [0.1, 0.15) is 129 Å². The van der Waals surface area contributed by atoms with Gasteiger partial charge in [-0.2, -0.15) is 0 Å². The molecule has 9 nitrogen and oxygen atoms in total. The lowest BCUT2D eigenvalue weighted by atomic mass is 9.99. The number of hydrogen-bond acceptors (Lipinski definition) is 8. The number of ether oxygens (including phenoxy) is 2. The molecule has 0 aromatic carbocycles. The second kappa shape index (κ2) is 25.9. The van der Waals surface area contributed by atoms with Crippen molar-refractivity contribution in [2.75, 3.05) is 13.2 Å². The van der Waals surface area contributed by atoms with Gasteiger partial charge in [-0.3, -0.25) is 4.79 Å². The van der Waals surface area contributed by atoms with Gasteiger partial charge in [0.05, 0.1) is 25.4 Å². The van der Waals surface area contributed by atoms with Gasteiger partial charge >= 0.3 is 0 Å². The summed E-state index contributed by atoms with van der Waals surface area (Å²) in [6.07, 6.45) is 19.6. The average molecular weight is 614 g/mol. The summed E-state index contributed by atoms with van der Waals surface area (Å²) >= 11 is 0. The molecule has 0 spiro atoms. The van der Waals surface area contributed by atoms with Crippen molar-refractivity contribution in [3.05, 3.63) is 24.3 Å². The minimum atomic E-state index is -1.56. The van der Waals surface area contributed by atoms with E-state index >= 15 is 0 Å². The maximum atomic E-state index is 12.7. The normalized spacial score (nSPS) is 24.1. The summed E-state index contributed by atoms with van der Waals surface area (Å²) in [5, 5.41) is 53.5. The number of aliphatic hydroxyl groups excluding tert-OH is 5. The maximum absolute atomic E-state index is 12.7. The Labute approximate surface area is 260 Å². The number of rotatable bonds is 26. The smallest absolute Gasteiger partial charge is 0.220 e. The monoisotopic (exact) mass is 613 g/mol. The van der Waals surface area contributed by atoms with Gasteiger partial charge in [-0.15, -0.1) is 0 Å². The first-order valence-electron chi connectivity index (χ1n) is 17.1. The molecule has 1 rings (SSSR count). The van der Waals surface area contributed by atoms with Crippen molar-refractivity contribution in [2.24, 2.45) is 0 Å². The Morgan fingerprint density at radius 1 is 0.767 bits per heavy atom. The van der Waals surface area contributed by atoms with Crippen LogP contribution in [-0.2, 0) is 14.3 Å². The Bertz CT molecular complexity index is 731. The molecule has 1 fully saturated rings. The molecule has 1 aliphatic rings. The predicted molar refractivity (Wildman–Crippen MR) is 170 cm³/mol. The van der Waals surface area contributed by atoms with Crippen LogP contribution < -0.4 is 5.32 Å². The standard InChI is InChI=1S/C34H63NO8/c1-3-5-7-9-11-12-13-14-15-16-18-19-21-23-28(37)27(35-30(38)24-22-20-17-10-8-6-4-2)26-42-34-33(41)32(40)31(39)29(25-36)43-34/h15-16,21,23,27-29,31-34,36-37,39-41H,3-14,17-20,22,24-26H2,1-2H3,(H,35,38)/b16-15+,23-21+/t27-,28+,29+,31+,32?,33?,34+/m0/s1. The Balaban J connectivity index is 2.55.